The van der Waals surface area contributed by atoms with Crippen LogP contribution in [0.4, 0.5) is 0 Å². The minimum Gasteiger partial charge on any atom is -0.481 e. The third-order valence-electron chi connectivity index (χ3n) is 12.7. The molecule has 0 amide bonds. The third kappa shape index (κ3) is 3.44. The average molecular weight is 535 g/mol. The lowest BCUT2D eigenvalue weighted by atomic mass is 9.33. The fourth-order valence-corrected chi connectivity index (χ4v) is 10.2. The van der Waals surface area contributed by atoms with Crippen LogP contribution in [0.5, 0.6) is 0 Å². The monoisotopic (exact) mass is 534 g/mol. The summed E-state index contributed by atoms with van der Waals surface area (Å²) >= 11 is 0. The number of carboxylic acid groups (broad SMARTS) is 3. The average Bonchev–Trinajstić information content (AvgIpc) is 2.76. The summed E-state index contributed by atoms with van der Waals surface area (Å²) < 4.78 is 0. The van der Waals surface area contributed by atoms with Crippen LogP contribution in [-0.2, 0) is 14.4 Å². The molecular formula is C30H46O8. The van der Waals surface area contributed by atoms with Gasteiger partial charge in [-0.1, -0.05) is 39.3 Å². The molecule has 0 radical (unpaired) electrons. The molecule has 8 heteroatoms. The number of aliphatic carboxylic acids is 3. The van der Waals surface area contributed by atoms with Crippen LogP contribution in [0.1, 0.15) is 93.4 Å². The molecule has 10 atom stereocenters. The zero-order valence-electron chi connectivity index (χ0n) is 23.9. The molecule has 4 aliphatic carbocycles. The molecule has 38 heavy (non-hydrogen) atoms. The van der Waals surface area contributed by atoms with Gasteiger partial charge in [-0.2, -0.15) is 0 Å². The van der Waals surface area contributed by atoms with Crippen LogP contribution in [0.25, 0.3) is 0 Å². The number of hydrogen-bond acceptors (Lipinski definition) is 5. The quantitative estimate of drug-likeness (QED) is 0.321. The normalized spacial score (nSPS) is 48.7. The largest absolute Gasteiger partial charge is 0.481 e. The maximum Gasteiger partial charge on any atom is 0.313 e. The second-order valence-electron chi connectivity index (χ2n) is 14.6. The molecule has 0 aromatic rings. The number of carbonyl (C=O) groups is 3. The van der Waals surface area contributed by atoms with Gasteiger partial charge in [0.25, 0.3) is 0 Å². The predicted octanol–water partition coefficient (Wildman–Crippen LogP) is 4.58. The maximum atomic E-state index is 12.9. The van der Waals surface area contributed by atoms with E-state index >= 15 is 0 Å². The molecule has 0 aromatic carbocycles. The van der Waals surface area contributed by atoms with E-state index in [0.717, 1.165) is 5.57 Å². The Labute approximate surface area is 225 Å². The maximum absolute atomic E-state index is 12.9. The van der Waals surface area contributed by atoms with Gasteiger partial charge in [-0.05, 0) is 93.3 Å². The predicted molar refractivity (Wildman–Crippen MR) is 140 cm³/mol. The first-order valence-corrected chi connectivity index (χ1v) is 14.0. The highest BCUT2D eigenvalue weighted by atomic mass is 16.4. The third-order valence-corrected chi connectivity index (χ3v) is 12.7. The van der Waals surface area contributed by atoms with Crippen LogP contribution in [0.3, 0.4) is 0 Å². The van der Waals surface area contributed by atoms with Gasteiger partial charge in [-0.25, -0.2) is 0 Å². The minimum atomic E-state index is -1.49. The lowest BCUT2D eigenvalue weighted by Crippen LogP contribution is -2.70. The van der Waals surface area contributed by atoms with Gasteiger partial charge in [-0.3, -0.25) is 14.4 Å². The Kier molecular flexibility index (Phi) is 6.53. The van der Waals surface area contributed by atoms with Gasteiger partial charge in [0, 0.05) is 5.92 Å². The molecule has 0 unspecified atom stereocenters. The molecule has 0 aliphatic heterocycles. The van der Waals surface area contributed by atoms with E-state index in [9.17, 15) is 39.9 Å². The second kappa shape index (κ2) is 8.53. The van der Waals surface area contributed by atoms with Gasteiger partial charge in [0.15, 0.2) is 0 Å². The number of hydrogen-bond donors (Lipinski definition) is 5. The molecule has 0 heterocycles. The Bertz CT molecular complexity index is 1080. The summed E-state index contributed by atoms with van der Waals surface area (Å²) in [5, 5.41) is 54.2. The molecular weight excluding hydrogens is 488 g/mol. The zero-order valence-corrected chi connectivity index (χ0v) is 23.9. The summed E-state index contributed by atoms with van der Waals surface area (Å²) in [6.45, 7) is 13.1. The van der Waals surface area contributed by atoms with Crippen LogP contribution < -0.4 is 0 Å². The van der Waals surface area contributed by atoms with Crippen LogP contribution in [0.15, 0.2) is 11.6 Å². The highest BCUT2D eigenvalue weighted by molar-refractivity contribution is 5.78. The smallest absolute Gasteiger partial charge is 0.313 e. The lowest BCUT2D eigenvalue weighted by Gasteiger charge is -2.70. The Morgan fingerprint density at radius 2 is 1.63 bits per heavy atom. The number of carboxylic acids is 3. The fraction of sp³-hybridized carbons (Fsp3) is 0.833. The van der Waals surface area contributed by atoms with E-state index in [4.69, 9.17) is 0 Å². The molecule has 0 bridgehead atoms. The summed E-state index contributed by atoms with van der Waals surface area (Å²) in [6.07, 6.45) is 3.27. The van der Waals surface area contributed by atoms with Crippen molar-refractivity contribution in [3.63, 3.8) is 0 Å². The van der Waals surface area contributed by atoms with E-state index in [0.29, 0.717) is 25.7 Å². The summed E-state index contributed by atoms with van der Waals surface area (Å²) in [7, 11) is 0. The molecule has 8 nitrogen and oxygen atoms in total. The Balaban J connectivity index is 1.94. The van der Waals surface area contributed by atoms with Crippen molar-refractivity contribution in [1.82, 2.24) is 0 Å². The first kappa shape index (κ1) is 29.1. The molecule has 5 N–H and O–H groups in total. The van der Waals surface area contributed by atoms with E-state index in [1.54, 1.807) is 20.8 Å². The van der Waals surface area contributed by atoms with Crippen molar-refractivity contribution in [2.24, 2.45) is 50.7 Å². The van der Waals surface area contributed by atoms with E-state index in [1.165, 1.54) is 0 Å². The zero-order chi connectivity index (χ0) is 28.9. The number of aliphatic hydroxyl groups excluding tert-OH is 1. The topological polar surface area (TPSA) is 152 Å². The minimum absolute atomic E-state index is 0.162. The Morgan fingerprint density at radius 1 is 1.03 bits per heavy atom. The Morgan fingerprint density at radius 3 is 2.16 bits per heavy atom. The molecule has 3 fully saturated rings. The lowest BCUT2D eigenvalue weighted by molar-refractivity contribution is -0.229. The molecule has 214 valence electrons. The van der Waals surface area contributed by atoms with Crippen molar-refractivity contribution in [1.29, 1.82) is 0 Å². The number of allylic oxidation sites excluding steroid dienone is 1. The summed E-state index contributed by atoms with van der Waals surface area (Å²) in [5.41, 5.74) is -5.18. The molecule has 4 rings (SSSR count). The second-order valence-corrected chi connectivity index (χ2v) is 14.6. The first-order chi connectivity index (χ1) is 17.2. The van der Waals surface area contributed by atoms with Gasteiger partial charge < -0.3 is 25.5 Å². The summed E-state index contributed by atoms with van der Waals surface area (Å²) in [4.78, 5) is 37.5. The van der Waals surface area contributed by atoms with Crippen molar-refractivity contribution in [2.45, 2.75) is 105 Å². The van der Waals surface area contributed by atoms with Crippen LogP contribution in [0.2, 0.25) is 0 Å². The number of fused-ring (bicyclic) bond motifs is 5. The SMILES string of the molecule is C[C@@H]1CC[C@]2(C(=O)O)[C@H](O)C[C@]3(C)C(=CC[C@@H]4[C@@](C)(CC(=O)O)[C@@H](C(C)(C)C(=O)O)CC[C@]43C)[C@@H]2[C@]1(C)O. The summed E-state index contributed by atoms with van der Waals surface area (Å²) in [6, 6.07) is 0. The van der Waals surface area contributed by atoms with Gasteiger partial charge in [0.1, 0.15) is 5.41 Å². The van der Waals surface area contributed by atoms with Gasteiger partial charge in [-0.15, -0.1) is 0 Å². The van der Waals surface area contributed by atoms with Crippen molar-refractivity contribution in [2.75, 3.05) is 0 Å². The molecule has 0 saturated heterocycles. The van der Waals surface area contributed by atoms with Crippen molar-refractivity contribution in [3.8, 4) is 0 Å². The van der Waals surface area contributed by atoms with Gasteiger partial charge >= 0.3 is 17.9 Å². The van der Waals surface area contributed by atoms with E-state index in [1.807, 2.05) is 19.9 Å². The molecule has 0 spiro atoms. The fourth-order valence-electron chi connectivity index (χ4n) is 10.2. The van der Waals surface area contributed by atoms with Crippen LogP contribution >= 0.6 is 0 Å². The van der Waals surface area contributed by atoms with Gasteiger partial charge in [0.2, 0.25) is 0 Å². The highest BCUT2D eigenvalue weighted by Crippen LogP contribution is 2.75. The highest BCUT2D eigenvalue weighted by Gasteiger charge is 2.73. The molecule has 3 saturated carbocycles. The van der Waals surface area contributed by atoms with Crippen LogP contribution in [-0.4, -0.2) is 55.1 Å². The van der Waals surface area contributed by atoms with Crippen molar-refractivity contribution < 1.29 is 39.9 Å². The van der Waals surface area contributed by atoms with E-state index in [2.05, 4.69) is 13.8 Å². The number of aliphatic hydroxyl groups is 2. The van der Waals surface area contributed by atoms with E-state index < -0.39 is 62.6 Å². The standard InChI is InChI=1S/C30H46O8/c1-16-10-13-30(24(36)37)20(31)14-28(6)17(22(30)29(16,7)38)8-9-19-26(4,15-21(32)33)18(11-12-27(19,28)5)25(2,3)23(34)35/h8,16,18-20,22,31,38H,9-15H2,1-7H3,(H,32,33)(H,34,35)(H,36,37)/t16-,18-,19-,20-,22-,26+,27-,28-,29-,30+/m1/s1. The molecule has 0 aromatic heterocycles. The summed E-state index contributed by atoms with van der Waals surface area (Å²) in [5.74, 6) is -4.53. The molecule has 4 aliphatic rings. The van der Waals surface area contributed by atoms with Crippen molar-refractivity contribution >= 4 is 17.9 Å². The number of rotatable bonds is 5. The first-order valence-electron chi connectivity index (χ1n) is 14.0. The Hall–Kier alpha value is -1.93. The van der Waals surface area contributed by atoms with Crippen molar-refractivity contribution in [3.05, 3.63) is 11.6 Å². The van der Waals surface area contributed by atoms with E-state index in [-0.39, 0.29) is 37.0 Å². The van der Waals surface area contributed by atoms with Gasteiger partial charge in [0.05, 0.1) is 23.5 Å². The van der Waals surface area contributed by atoms with Crippen LogP contribution in [0, 0.1) is 50.7 Å².